The van der Waals surface area contributed by atoms with E-state index < -0.39 is 0 Å². The maximum absolute atomic E-state index is 12.7. The Morgan fingerprint density at radius 2 is 1.89 bits per heavy atom. The number of aromatic nitrogens is 1. The van der Waals surface area contributed by atoms with Crippen LogP contribution in [0, 0.1) is 19.8 Å². The lowest BCUT2D eigenvalue weighted by Crippen LogP contribution is -2.43. The predicted octanol–water partition coefficient (Wildman–Crippen LogP) is 2.86. The first-order chi connectivity index (χ1) is 13.4. The van der Waals surface area contributed by atoms with Crippen molar-refractivity contribution in [3.05, 3.63) is 23.0 Å². The van der Waals surface area contributed by atoms with Crippen molar-refractivity contribution in [3.8, 4) is 0 Å². The summed E-state index contributed by atoms with van der Waals surface area (Å²) in [5, 5.41) is 3.10. The summed E-state index contributed by atoms with van der Waals surface area (Å²) < 4.78 is 0. The molecule has 2 saturated heterocycles. The molecule has 2 fully saturated rings. The fourth-order valence-corrected chi connectivity index (χ4v) is 4.61. The van der Waals surface area contributed by atoms with Crippen molar-refractivity contribution in [2.24, 2.45) is 5.92 Å². The van der Waals surface area contributed by atoms with Crippen molar-refractivity contribution in [3.63, 3.8) is 0 Å². The summed E-state index contributed by atoms with van der Waals surface area (Å²) in [6.07, 6.45) is 6.26. The Morgan fingerprint density at radius 1 is 1.14 bits per heavy atom. The molecule has 3 rings (SSSR count). The summed E-state index contributed by atoms with van der Waals surface area (Å²) >= 11 is 0. The summed E-state index contributed by atoms with van der Waals surface area (Å²) in [6, 6.07) is 2.65. The van der Waals surface area contributed by atoms with E-state index in [1.165, 1.54) is 19.3 Å². The molecule has 1 aromatic heterocycles. The molecule has 2 aliphatic rings. The third-order valence-electron chi connectivity index (χ3n) is 6.40. The van der Waals surface area contributed by atoms with Gasteiger partial charge in [-0.15, -0.1) is 0 Å². The van der Waals surface area contributed by atoms with Crippen LogP contribution < -0.4 is 5.32 Å². The number of nitrogens with one attached hydrogen (secondary N) is 2. The van der Waals surface area contributed by atoms with Gasteiger partial charge in [0, 0.05) is 44.3 Å². The van der Waals surface area contributed by atoms with Crippen LogP contribution >= 0.6 is 0 Å². The maximum Gasteiger partial charge on any atom is 0.270 e. The summed E-state index contributed by atoms with van der Waals surface area (Å²) in [7, 11) is 0. The number of H-pyrrole nitrogens is 1. The van der Waals surface area contributed by atoms with E-state index >= 15 is 0 Å². The van der Waals surface area contributed by atoms with Gasteiger partial charge in [0.15, 0.2) is 0 Å². The molecular weight excluding hydrogens is 352 g/mol. The Balaban J connectivity index is 1.36. The molecule has 0 saturated carbocycles. The number of likely N-dealkylation sites (tertiary alicyclic amines) is 2. The molecule has 156 valence electrons. The van der Waals surface area contributed by atoms with E-state index in [2.05, 4.69) is 22.1 Å². The first kappa shape index (κ1) is 20.9. The van der Waals surface area contributed by atoms with Crippen LogP contribution in [-0.4, -0.2) is 65.4 Å². The number of hydrogen-bond acceptors (Lipinski definition) is 3. The van der Waals surface area contributed by atoms with E-state index in [9.17, 15) is 9.59 Å². The largest absolute Gasteiger partial charge is 0.355 e. The molecule has 2 aliphatic heterocycles. The molecule has 2 amide bonds. The van der Waals surface area contributed by atoms with Crippen LogP contribution in [0.5, 0.6) is 0 Å². The van der Waals surface area contributed by atoms with Gasteiger partial charge in [-0.1, -0.05) is 6.42 Å². The summed E-state index contributed by atoms with van der Waals surface area (Å²) in [5.74, 6) is 0.624. The molecular formula is C22H36N4O2. The molecule has 1 atom stereocenters. The minimum Gasteiger partial charge on any atom is -0.355 e. The molecule has 6 heteroatoms. The molecule has 3 heterocycles. The monoisotopic (exact) mass is 388 g/mol. The average Bonchev–Trinajstić information content (AvgIpc) is 3.01. The minimum atomic E-state index is 0.0872. The second-order valence-corrected chi connectivity index (χ2v) is 8.68. The number of amides is 2. The van der Waals surface area contributed by atoms with E-state index in [1.54, 1.807) is 0 Å². The quantitative estimate of drug-likeness (QED) is 0.787. The highest BCUT2D eigenvalue weighted by Crippen LogP contribution is 2.23. The van der Waals surface area contributed by atoms with Crippen molar-refractivity contribution in [1.82, 2.24) is 20.1 Å². The lowest BCUT2D eigenvalue weighted by Gasteiger charge is -2.33. The van der Waals surface area contributed by atoms with E-state index in [4.69, 9.17) is 0 Å². The Kier molecular flexibility index (Phi) is 7.16. The van der Waals surface area contributed by atoms with Gasteiger partial charge in [-0.2, -0.15) is 0 Å². The molecule has 28 heavy (non-hydrogen) atoms. The Labute approximate surface area is 169 Å². The van der Waals surface area contributed by atoms with Crippen molar-refractivity contribution in [2.45, 2.75) is 65.3 Å². The zero-order valence-electron chi connectivity index (χ0n) is 17.7. The maximum atomic E-state index is 12.7. The number of piperidine rings is 2. The fourth-order valence-electron chi connectivity index (χ4n) is 4.61. The molecule has 6 nitrogen and oxygen atoms in total. The number of aromatic amines is 1. The van der Waals surface area contributed by atoms with Gasteiger partial charge < -0.3 is 15.2 Å². The SMILES string of the molecule is Cc1cc(C)c(C(=O)N2CCC(CC(=O)NCCN3CCCC[C@@H]3C)CC2)[nH]1. The second-order valence-electron chi connectivity index (χ2n) is 8.68. The predicted molar refractivity (Wildman–Crippen MR) is 111 cm³/mol. The highest BCUT2D eigenvalue weighted by atomic mass is 16.2. The normalized spacial score (nSPS) is 21.7. The Morgan fingerprint density at radius 3 is 2.54 bits per heavy atom. The van der Waals surface area contributed by atoms with Crippen molar-refractivity contribution < 1.29 is 9.59 Å². The zero-order chi connectivity index (χ0) is 20.1. The third kappa shape index (κ3) is 5.37. The van der Waals surface area contributed by atoms with Gasteiger partial charge in [0.25, 0.3) is 5.91 Å². The number of nitrogens with zero attached hydrogens (tertiary/aromatic N) is 2. The minimum absolute atomic E-state index is 0.0872. The van der Waals surface area contributed by atoms with Gasteiger partial charge >= 0.3 is 0 Å². The number of hydrogen-bond donors (Lipinski definition) is 2. The number of carbonyl (C=O) groups excluding carboxylic acids is 2. The van der Waals surface area contributed by atoms with Gasteiger partial charge in [-0.05, 0) is 70.5 Å². The Hall–Kier alpha value is -1.82. The summed E-state index contributed by atoms with van der Waals surface area (Å²) in [4.78, 5) is 32.6. The smallest absolute Gasteiger partial charge is 0.270 e. The second kappa shape index (κ2) is 9.59. The summed E-state index contributed by atoms with van der Waals surface area (Å²) in [6.45, 7) is 10.5. The van der Waals surface area contributed by atoms with Crippen LogP contribution in [0.3, 0.4) is 0 Å². The van der Waals surface area contributed by atoms with E-state index in [0.29, 0.717) is 24.1 Å². The van der Waals surface area contributed by atoms with Gasteiger partial charge in [-0.25, -0.2) is 0 Å². The molecule has 0 aliphatic carbocycles. The van der Waals surface area contributed by atoms with Crippen molar-refractivity contribution in [2.75, 3.05) is 32.7 Å². The van der Waals surface area contributed by atoms with Crippen LogP contribution in [0.1, 0.15) is 67.2 Å². The number of carbonyl (C=O) groups is 2. The first-order valence-corrected chi connectivity index (χ1v) is 10.9. The number of rotatable bonds is 6. The van der Waals surface area contributed by atoms with Crippen LogP contribution in [0.4, 0.5) is 0 Å². The Bertz CT molecular complexity index is 676. The first-order valence-electron chi connectivity index (χ1n) is 10.9. The molecule has 0 unspecified atom stereocenters. The molecule has 1 aromatic rings. The average molecular weight is 389 g/mol. The lowest BCUT2D eigenvalue weighted by molar-refractivity contribution is -0.122. The van der Waals surface area contributed by atoms with E-state index in [0.717, 1.165) is 56.8 Å². The van der Waals surface area contributed by atoms with Gasteiger partial charge in [0.2, 0.25) is 5.91 Å². The number of aryl methyl sites for hydroxylation is 2. The molecule has 2 N–H and O–H groups in total. The van der Waals surface area contributed by atoms with Gasteiger partial charge in [-0.3, -0.25) is 14.5 Å². The molecule has 0 spiro atoms. The van der Waals surface area contributed by atoms with E-state index in [-0.39, 0.29) is 11.8 Å². The van der Waals surface area contributed by atoms with Gasteiger partial charge in [0.1, 0.15) is 5.69 Å². The van der Waals surface area contributed by atoms with Gasteiger partial charge in [0.05, 0.1) is 0 Å². The molecule has 0 aromatic carbocycles. The van der Waals surface area contributed by atoms with Crippen LogP contribution in [0.15, 0.2) is 6.07 Å². The lowest BCUT2D eigenvalue weighted by atomic mass is 9.93. The summed E-state index contributed by atoms with van der Waals surface area (Å²) in [5.41, 5.74) is 2.74. The van der Waals surface area contributed by atoms with Crippen LogP contribution in [0.2, 0.25) is 0 Å². The highest BCUT2D eigenvalue weighted by molar-refractivity contribution is 5.94. The third-order valence-corrected chi connectivity index (χ3v) is 6.40. The van der Waals surface area contributed by atoms with Crippen LogP contribution in [-0.2, 0) is 4.79 Å². The van der Waals surface area contributed by atoms with Crippen LogP contribution in [0.25, 0.3) is 0 Å². The van der Waals surface area contributed by atoms with Crippen molar-refractivity contribution >= 4 is 11.8 Å². The standard InChI is InChI=1S/C22H36N4O2/c1-16-14-17(2)24-21(16)22(28)26-11-7-19(8-12-26)15-20(27)23-9-13-25-10-5-4-6-18(25)3/h14,18-19,24H,4-13,15H2,1-3H3,(H,23,27)/t18-/m0/s1. The molecule has 0 radical (unpaired) electrons. The fraction of sp³-hybridized carbons (Fsp3) is 0.727. The van der Waals surface area contributed by atoms with Crippen molar-refractivity contribution in [1.29, 1.82) is 0 Å². The van der Waals surface area contributed by atoms with E-state index in [1.807, 2.05) is 24.8 Å². The highest BCUT2D eigenvalue weighted by Gasteiger charge is 2.26. The zero-order valence-corrected chi connectivity index (χ0v) is 17.7. The topological polar surface area (TPSA) is 68.4 Å². The molecule has 0 bridgehead atoms.